The van der Waals surface area contributed by atoms with Gasteiger partial charge in [0.25, 0.3) is 0 Å². The third kappa shape index (κ3) is 5.75. The van der Waals surface area contributed by atoms with Crippen molar-refractivity contribution in [1.82, 2.24) is 10.5 Å². The second-order valence-corrected chi connectivity index (χ2v) is 7.18. The second-order valence-electron chi connectivity index (χ2n) is 7.18. The molecule has 0 spiro atoms. The number of amides is 2. The van der Waals surface area contributed by atoms with Gasteiger partial charge in [-0.05, 0) is 27.7 Å². The summed E-state index contributed by atoms with van der Waals surface area (Å²) in [5, 5.41) is 8.84. The van der Waals surface area contributed by atoms with Crippen molar-refractivity contribution in [3.05, 3.63) is 11.8 Å². The Morgan fingerprint density at radius 2 is 1.82 bits per heavy atom. The van der Waals surface area contributed by atoms with Crippen molar-refractivity contribution < 1.29 is 18.8 Å². The van der Waals surface area contributed by atoms with Gasteiger partial charge in [-0.2, -0.15) is 0 Å². The molecule has 1 unspecified atom stereocenters. The first-order chi connectivity index (χ1) is 9.88. The summed E-state index contributed by atoms with van der Waals surface area (Å²) < 4.78 is 10.3. The van der Waals surface area contributed by atoms with Crippen LogP contribution in [0.4, 0.5) is 10.6 Å². The van der Waals surface area contributed by atoms with Crippen LogP contribution in [0, 0.1) is 0 Å². The van der Waals surface area contributed by atoms with Crippen molar-refractivity contribution in [3.63, 3.8) is 0 Å². The van der Waals surface area contributed by atoms with Gasteiger partial charge in [-0.3, -0.25) is 4.79 Å². The number of alkyl carbamates (subject to hydrolysis) is 1. The molecule has 22 heavy (non-hydrogen) atoms. The summed E-state index contributed by atoms with van der Waals surface area (Å²) in [6.07, 6.45) is -0.648. The fourth-order valence-electron chi connectivity index (χ4n) is 1.47. The zero-order valence-electron chi connectivity index (χ0n) is 14.2. The van der Waals surface area contributed by atoms with Gasteiger partial charge >= 0.3 is 6.09 Å². The Hall–Kier alpha value is -2.05. The molecule has 0 bridgehead atoms. The van der Waals surface area contributed by atoms with E-state index < -0.39 is 23.6 Å². The lowest BCUT2D eigenvalue weighted by atomic mass is 9.93. The third-order valence-corrected chi connectivity index (χ3v) is 2.63. The van der Waals surface area contributed by atoms with E-state index >= 15 is 0 Å². The smallest absolute Gasteiger partial charge is 0.408 e. The molecule has 1 heterocycles. The number of rotatable bonds is 3. The van der Waals surface area contributed by atoms with Crippen LogP contribution in [0.3, 0.4) is 0 Å². The molecule has 0 aromatic carbocycles. The van der Waals surface area contributed by atoms with Crippen LogP contribution in [-0.2, 0) is 14.9 Å². The van der Waals surface area contributed by atoms with Crippen molar-refractivity contribution in [2.45, 2.75) is 65.5 Å². The van der Waals surface area contributed by atoms with Crippen molar-refractivity contribution in [1.29, 1.82) is 0 Å². The summed E-state index contributed by atoms with van der Waals surface area (Å²) >= 11 is 0. The van der Waals surface area contributed by atoms with Crippen molar-refractivity contribution >= 4 is 17.8 Å². The van der Waals surface area contributed by atoms with E-state index in [1.54, 1.807) is 33.8 Å². The lowest BCUT2D eigenvalue weighted by molar-refractivity contribution is -0.117. The Kier molecular flexibility index (Phi) is 5.22. The molecule has 2 N–H and O–H groups in total. The molecule has 1 aromatic heterocycles. The molecular formula is C15H25N3O4. The molecule has 0 saturated carbocycles. The number of carbonyl (C=O) groups excluding carboxylic acids is 2. The zero-order valence-corrected chi connectivity index (χ0v) is 14.2. The Balaban J connectivity index is 2.58. The van der Waals surface area contributed by atoms with E-state index in [2.05, 4.69) is 15.8 Å². The lowest BCUT2D eigenvalue weighted by Gasteiger charge is -2.21. The highest BCUT2D eigenvalue weighted by Gasteiger charge is 2.23. The number of hydrogen-bond acceptors (Lipinski definition) is 5. The first-order valence-electron chi connectivity index (χ1n) is 7.16. The van der Waals surface area contributed by atoms with E-state index in [1.165, 1.54) is 0 Å². The van der Waals surface area contributed by atoms with Crippen molar-refractivity contribution in [3.8, 4) is 0 Å². The topological polar surface area (TPSA) is 93.5 Å². The highest BCUT2D eigenvalue weighted by Crippen LogP contribution is 2.24. The summed E-state index contributed by atoms with van der Waals surface area (Å²) in [6.45, 7) is 12.7. The van der Waals surface area contributed by atoms with E-state index in [0.717, 1.165) is 0 Å². The summed E-state index contributed by atoms with van der Waals surface area (Å²) in [7, 11) is 0. The summed E-state index contributed by atoms with van der Waals surface area (Å²) in [5.74, 6) is 0.572. The van der Waals surface area contributed by atoms with E-state index in [9.17, 15) is 9.59 Å². The normalized spacial score (nSPS) is 13.4. The molecule has 2 amide bonds. The van der Waals surface area contributed by atoms with Gasteiger partial charge in [-0.15, -0.1) is 0 Å². The highest BCUT2D eigenvalue weighted by molar-refractivity contribution is 5.95. The number of hydrogen-bond donors (Lipinski definition) is 2. The van der Waals surface area contributed by atoms with Gasteiger partial charge in [-0.1, -0.05) is 25.9 Å². The maximum Gasteiger partial charge on any atom is 0.408 e. The number of nitrogens with zero attached hydrogens (tertiary/aromatic N) is 1. The van der Waals surface area contributed by atoms with Crippen LogP contribution in [0.5, 0.6) is 0 Å². The highest BCUT2D eigenvalue weighted by atomic mass is 16.6. The monoisotopic (exact) mass is 311 g/mol. The van der Waals surface area contributed by atoms with Crippen LogP contribution < -0.4 is 10.6 Å². The number of ether oxygens (including phenoxy) is 1. The minimum absolute atomic E-state index is 0.198. The molecule has 7 heteroatoms. The maximum atomic E-state index is 12.0. The van der Waals surface area contributed by atoms with Gasteiger partial charge in [0.1, 0.15) is 17.4 Å². The van der Waals surface area contributed by atoms with E-state index in [-0.39, 0.29) is 5.41 Å². The fraction of sp³-hybridized carbons (Fsp3) is 0.667. The Morgan fingerprint density at radius 3 is 2.27 bits per heavy atom. The molecule has 0 radical (unpaired) electrons. The van der Waals surface area contributed by atoms with Crippen LogP contribution in [0.2, 0.25) is 0 Å². The summed E-state index contributed by atoms with van der Waals surface area (Å²) in [4.78, 5) is 23.6. The standard InChI is InChI=1S/C15H25N3O4/c1-9(16-13(20)21-15(5,6)7)12(19)17-11-8-10(22-18-11)14(2,3)4/h8-9H,1-7H3,(H,16,20)(H,17,18,19). The Labute approximate surface area is 130 Å². The first kappa shape index (κ1) is 18.0. The molecule has 0 fully saturated rings. The number of anilines is 1. The minimum Gasteiger partial charge on any atom is -0.444 e. The molecule has 0 aliphatic rings. The molecular weight excluding hydrogens is 286 g/mol. The minimum atomic E-state index is -0.760. The maximum absolute atomic E-state index is 12.0. The van der Waals surface area contributed by atoms with E-state index in [1.807, 2.05) is 20.8 Å². The molecule has 124 valence electrons. The van der Waals surface area contributed by atoms with Crippen LogP contribution in [-0.4, -0.2) is 28.8 Å². The second kappa shape index (κ2) is 6.37. The average molecular weight is 311 g/mol. The zero-order chi connectivity index (χ0) is 17.1. The fourth-order valence-corrected chi connectivity index (χ4v) is 1.47. The van der Waals surface area contributed by atoms with Crippen LogP contribution in [0.15, 0.2) is 10.6 Å². The predicted molar refractivity (Wildman–Crippen MR) is 82.7 cm³/mol. The average Bonchev–Trinajstić information content (AvgIpc) is 2.74. The van der Waals surface area contributed by atoms with Crippen LogP contribution >= 0.6 is 0 Å². The molecule has 1 aromatic rings. The van der Waals surface area contributed by atoms with Gasteiger partial charge in [0.2, 0.25) is 5.91 Å². The van der Waals surface area contributed by atoms with E-state index in [0.29, 0.717) is 11.6 Å². The Bertz CT molecular complexity index is 538. The predicted octanol–water partition coefficient (Wildman–Crippen LogP) is 2.82. The van der Waals surface area contributed by atoms with Gasteiger partial charge in [0.15, 0.2) is 5.82 Å². The summed E-state index contributed by atoms with van der Waals surface area (Å²) in [6, 6.07) is 0.905. The van der Waals surface area contributed by atoms with Gasteiger partial charge in [0, 0.05) is 11.5 Å². The van der Waals surface area contributed by atoms with Crippen LogP contribution in [0.25, 0.3) is 0 Å². The molecule has 1 rings (SSSR count). The molecule has 0 aliphatic carbocycles. The van der Waals surface area contributed by atoms with E-state index in [4.69, 9.17) is 9.26 Å². The molecule has 0 saturated heterocycles. The van der Waals surface area contributed by atoms with Crippen molar-refractivity contribution in [2.75, 3.05) is 5.32 Å². The third-order valence-electron chi connectivity index (χ3n) is 2.63. The molecule has 7 nitrogen and oxygen atoms in total. The largest absolute Gasteiger partial charge is 0.444 e. The summed E-state index contributed by atoms with van der Waals surface area (Å²) in [5.41, 5.74) is -0.815. The van der Waals surface area contributed by atoms with Gasteiger partial charge in [0.05, 0.1) is 0 Å². The molecule has 0 aliphatic heterocycles. The number of nitrogens with one attached hydrogen (secondary N) is 2. The molecule has 1 atom stereocenters. The first-order valence-corrected chi connectivity index (χ1v) is 7.16. The number of aromatic nitrogens is 1. The lowest BCUT2D eigenvalue weighted by Crippen LogP contribution is -2.44. The van der Waals surface area contributed by atoms with Crippen LogP contribution in [0.1, 0.15) is 54.2 Å². The van der Waals surface area contributed by atoms with Gasteiger partial charge < -0.3 is 19.9 Å². The number of carbonyl (C=O) groups is 2. The van der Waals surface area contributed by atoms with Crippen molar-refractivity contribution in [2.24, 2.45) is 0 Å². The SMILES string of the molecule is CC(NC(=O)OC(C)(C)C)C(=O)Nc1cc(C(C)(C)C)on1. The van der Waals surface area contributed by atoms with Gasteiger partial charge in [-0.25, -0.2) is 4.79 Å². The Morgan fingerprint density at radius 1 is 1.23 bits per heavy atom. The quantitative estimate of drug-likeness (QED) is 0.895.